The van der Waals surface area contributed by atoms with Crippen LogP contribution in [-0.4, -0.2) is 4.98 Å². The third kappa shape index (κ3) is 2.41. The summed E-state index contributed by atoms with van der Waals surface area (Å²) < 4.78 is 0. The average molecular weight is 299 g/mol. The normalized spacial score (nSPS) is 16.8. The van der Waals surface area contributed by atoms with Crippen molar-refractivity contribution >= 4 is 34.5 Å². The fraction of sp³-hybridized carbons (Fsp3) is 0.308. The summed E-state index contributed by atoms with van der Waals surface area (Å²) in [5.41, 5.74) is 8.05. The van der Waals surface area contributed by atoms with E-state index >= 15 is 0 Å². The summed E-state index contributed by atoms with van der Waals surface area (Å²) in [4.78, 5) is 4.60. The molecule has 1 aliphatic carbocycles. The lowest BCUT2D eigenvalue weighted by Gasteiger charge is -2.05. The Balaban J connectivity index is 1.89. The second-order valence-corrected chi connectivity index (χ2v) is 6.27. The van der Waals surface area contributed by atoms with Gasteiger partial charge in [0.25, 0.3) is 0 Å². The molecule has 2 nitrogen and oxygen atoms in total. The molecule has 2 aromatic rings. The zero-order chi connectivity index (χ0) is 12.7. The maximum Gasteiger partial charge on any atom is 0.110 e. The van der Waals surface area contributed by atoms with Crippen molar-refractivity contribution in [3.05, 3.63) is 38.6 Å². The molecule has 3 rings (SSSR count). The Morgan fingerprint density at radius 2 is 2.06 bits per heavy atom. The predicted molar refractivity (Wildman–Crippen MR) is 77.2 cm³/mol. The Labute approximate surface area is 120 Å². The van der Waals surface area contributed by atoms with Gasteiger partial charge in [0.1, 0.15) is 5.01 Å². The molecule has 1 aromatic heterocycles. The van der Waals surface area contributed by atoms with Gasteiger partial charge in [-0.1, -0.05) is 29.3 Å². The van der Waals surface area contributed by atoms with Gasteiger partial charge in [0.05, 0.1) is 21.8 Å². The summed E-state index contributed by atoms with van der Waals surface area (Å²) in [5.74, 6) is 0.623. The Kier molecular flexibility index (Phi) is 3.32. The van der Waals surface area contributed by atoms with Gasteiger partial charge in [-0.2, -0.15) is 0 Å². The fourth-order valence-corrected chi connectivity index (χ4v) is 3.11. The molecule has 1 unspecified atom stereocenters. The number of nitrogens with two attached hydrogens (primary N) is 1. The molecule has 0 aliphatic heterocycles. The van der Waals surface area contributed by atoms with Gasteiger partial charge in [-0.05, 0) is 30.9 Å². The molecule has 1 fully saturated rings. The first-order chi connectivity index (χ1) is 8.65. The molecule has 0 spiro atoms. The van der Waals surface area contributed by atoms with E-state index in [4.69, 9.17) is 28.9 Å². The van der Waals surface area contributed by atoms with E-state index in [0.717, 1.165) is 16.3 Å². The summed E-state index contributed by atoms with van der Waals surface area (Å²) in [5, 5.41) is 4.15. The second-order valence-electron chi connectivity index (χ2n) is 4.56. The highest BCUT2D eigenvalue weighted by atomic mass is 35.5. The van der Waals surface area contributed by atoms with Crippen molar-refractivity contribution in [1.29, 1.82) is 0 Å². The summed E-state index contributed by atoms with van der Waals surface area (Å²) >= 11 is 13.5. The summed E-state index contributed by atoms with van der Waals surface area (Å²) in [6, 6.07) is 5.65. The van der Waals surface area contributed by atoms with Gasteiger partial charge in [0, 0.05) is 10.9 Å². The number of benzene rings is 1. The molecule has 1 aromatic carbocycles. The first kappa shape index (κ1) is 12.4. The van der Waals surface area contributed by atoms with Crippen molar-refractivity contribution in [2.75, 3.05) is 0 Å². The molecule has 94 valence electrons. The van der Waals surface area contributed by atoms with Crippen LogP contribution in [0.15, 0.2) is 23.6 Å². The summed E-state index contributed by atoms with van der Waals surface area (Å²) in [6.45, 7) is 0. The van der Waals surface area contributed by atoms with Gasteiger partial charge in [-0.3, -0.25) is 0 Å². The van der Waals surface area contributed by atoms with E-state index < -0.39 is 0 Å². The monoisotopic (exact) mass is 298 g/mol. The van der Waals surface area contributed by atoms with Crippen LogP contribution in [0.1, 0.15) is 23.9 Å². The van der Waals surface area contributed by atoms with Crippen molar-refractivity contribution in [1.82, 2.24) is 4.98 Å². The van der Waals surface area contributed by atoms with Gasteiger partial charge in [0.15, 0.2) is 0 Å². The quantitative estimate of drug-likeness (QED) is 0.904. The molecule has 1 heterocycles. The first-order valence-corrected chi connectivity index (χ1v) is 7.45. The molecule has 1 atom stereocenters. The molecule has 1 saturated carbocycles. The topological polar surface area (TPSA) is 38.9 Å². The number of nitrogens with zero attached hydrogens (tertiary/aromatic N) is 1. The number of thiazole rings is 1. The molecule has 18 heavy (non-hydrogen) atoms. The SMILES string of the molecule is NC(c1nc(-c2ccc(Cl)c(Cl)c2)cs1)C1CC1. The highest BCUT2D eigenvalue weighted by molar-refractivity contribution is 7.10. The van der Waals surface area contributed by atoms with Crippen LogP contribution in [0.2, 0.25) is 10.0 Å². The van der Waals surface area contributed by atoms with Crippen molar-refractivity contribution < 1.29 is 0 Å². The van der Waals surface area contributed by atoms with Gasteiger partial charge in [-0.15, -0.1) is 11.3 Å². The lowest BCUT2D eigenvalue weighted by atomic mass is 10.2. The Morgan fingerprint density at radius 3 is 2.72 bits per heavy atom. The molecular formula is C13H12Cl2N2S. The number of aromatic nitrogens is 1. The average Bonchev–Trinajstić information content (AvgIpc) is 3.09. The van der Waals surface area contributed by atoms with Crippen LogP contribution < -0.4 is 5.73 Å². The van der Waals surface area contributed by atoms with Crippen LogP contribution in [-0.2, 0) is 0 Å². The minimum absolute atomic E-state index is 0.0894. The Morgan fingerprint density at radius 1 is 1.28 bits per heavy atom. The number of hydrogen-bond donors (Lipinski definition) is 1. The van der Waals surface area contributed by atoms with Crippen LogP contribution in [0, 0.1) is 5.92 Å². The molecule has 0 radical (unpaired) electrons. The number of hydrogen-bond acceptors (Lipinski definition) is 3. The lowest BCUT2D eigenvalue weighted by molar-refractivity contribution is 0.629. The van der Waals surface area contributed by atoms with Crippen molar-refractivity contribution in [2.24, 2.45) is 11.7 Å². The third-order valence-electron chi connectivity index (χ3n) is 3.15. The van der Waals surface area contributed by atoms with Gasteiger partial charge in [0.2, 0.25) is 0 Å². The zero-order valence-electron chi connectivity index (χ0n) is 9.57. The van der Waals surface area contributed by atoms with Gasteiger partial charge < -0.3 is 5.73 Å². The molecule has 0 bridgehead atoms. The standard InChI is InChI=1S/C13H12Cl2N2S/c14-9-4-3-8(5-10(9)15)11-6-18-13(17-11)12(16)7-1-2-7/h3-7,12H,1-2,16H2. The molecule has 1 aliphatic rings. The van der Waals surface area contributed by atoms with E-state index in [-0.39, 0.29) is 6.04 Å². The van der Waals surface area contributed by atoms with Crippen LogP contribution in [0.3, 0.4) is 0 Å². The van der Waals surface area contributed by atoms with E-state index in [2.05, 4.69) is 4.98 Å². The minimum Gasteiger partial charge on any atom is -0.322 e. The maximum absolute atomic E-state index is 6.15. The van der Waals surface area contributed by atoms with Crippen molar-refractivity contribution in [2.45, 2.75) is 18.9 Å². The van der Waals surface area contributed by atoms with Gasteiger partial charge in [-0.25, -0.2) is 4.98 Å². The second kappa shape index (κ2) is 4.82. The zero-order valence-corrected chi connectivity index (χ0v) is 11.9. The predicted octanol–water partition coefficient (Wildman–Crippen LogP) is 4.53. The van der Waals surface area contributed by atoms with E-state index in [1.807, 2.05) is 17.5 Å². The van der Waals surface area contributed by atoms with Crippen molar-refractivity contribution in [3.8, 4) is 11.3 Å². The highest BCUT2D eigenvalue weighted by Crippen LogP contribution is 2.41. The fourth-order valence-electron chi connectivity index (χ4n) is 1.89. The Hall–Kier alpha value is -0.610. The summed E-state index contributed by atoms with van der Waals surface area (Å²) in [7, 11) is 0. The molecule has 5 heteroatoms. The highest BCUT2D eigenvalue weighted by Gasteiger charge is 2.31. The van der Waals surface area contributed by atoms with Crippen LogP contribution in [0.5, 0.6) is 0 Å². The number of rotatable bonds is 3. The van der Waals surface area contributed by atoms with Crippen LogP contribution in [0.25, 0.3) is 11.3 Å². The molecular weight excluding hydrogens is 287 g/mol. The van der Waals surface area contributed by atoms with Crippen molar-refractivity contribution in [3.63, 3.8) is 0 Å². The summed E-state index contributed by atoms with van der Waals surface area (Å²) in [6.07, 6.45) is 2.45. The molecule has 2 N–H and O–H groups in total. The van der Waals surface area contributed by atoms with Crippen LogP contribution >= 0.6 is 34.5 Å². The van der Waals surface area contributed by atoms with Crippen LogP contribution in [0.4, 0.5) is 0 Å². The first-order valence-electron chi connectivity index (χ1n) is 5.81. The van der Waals surface area contributed by atoms with E-state index in [1.54, 1.807) is 17.4 Å². The van der Waals surface area contributed by atoms with E-state index in [0.29, 0.717) is 16.0 Å². The Bertz CT molecular complexity index is 578. The smallest absolute Gasteiger partial charge is 0.110 e. The molecule has 0 saturated heterocycles. The number of halogens is 2. The molecule has 0 amide bonds. The minimum atomic E-state index is 0.0894. The van der Waals surface area contributed by atoms with Gasteiger partial charge >= 0.3 is 0 Å². The lowest BCUT2D eigenvalue weighted by Crippen LogP contribution is -2.11. The largest absolute Gasteiger partial charge is 0.322 e. The maximum atomic E-state index is 6.15. The van der Waals surface area contributed by atoms with E-state index in [1.165, 1.54) is 12.8 Å². The third-order valence-corrected chi connectivity index (χ3v) is 4.84. The van der Waals surface area contributed by atoms with E-state index in [9.17, 15) is 0 Å².